The zero-order chi connectivity index (χ0) is 20.9. The summed E-state index contributed by atoms with van der Waals surface area (Å²) in [5.41, 5.74) is 14.0. The molecule has 3 aromatic rings. The average molecular weight is 404 g/mol. The molecule has 1 saturated heterocycles. The predicted octanol–water partition coefficient (Wildman–Crippen LogP) is 2.52. The second kappa shape index (κ2) is 6.91. The molecule has 1 aromatic carbocycles. The van der Waals surface area contributed by atoms with Crippen LogP contribution >= 0.6 is 0 Å². The van der Waals surface area contributed by atoms with Crippen LogP contribution in [-0.2, 0) is 4.74 Å². The molecule has 8 nitrogen and oxygen atoms in total. The minimum atomic E-state index is -0.474. The Morgan fingerprint density at radius 1 is 1.20 bits per heavy atom. The molecule has 30 heavy (non-hydrogen) atoms. The van der Waals surface area contributed by atoms with Gasteiger partial charge < -0.3 is 21.1 Å². The smallest absolute Gasteiger partial charge is 0.248 e. The first kappa shape index (κ1) is 18.7. The largest absolute Gasteiger partial charge is 0.383 e. The molecule has 2 fully saturated rings. The van der Waals surface area contributed by atoms with Crippen LogP contribution in [0.3, 0.4) is 0 Å². The molecule has 0 bridgehead atoms. The number of ether oxygens (including phenoxy) is 1. The first-order valence-corrected chi connectivity index (χ1v) is 10.2. The number of fused-ring (bicyclic) bond motifs is 1. The molecular weight excluding hydrogens is 380 g/mol. The van der Waals surface area contributed by atoms with Crippen molar-refractivity contribution in [2.75, 3.05) is 23.8 Å². The number of rotatable bonds is 3. The van der Waals surface area contributed by atoms with Crippen molar-refractivity contribution in [3.63, 3.8) is 0 Å². The second-order valence-corrected chi connectivity index (χ2v) is 8.25. The van der Waals surface area contributed by atoms with Crippen molar-refractivity contribution in [1.29, 1.82) is 0 Å². The number of primary amides is 1. The molecule has 1 amide bonds. The van der Waals surface area contributed by atoms with Crippen molar-refractivity contribution in [2.45, 2.75) is 37.8 Å². The maximum Gasteiger partial charge on any atom is 0.248 e. The summed E-state index contributed by atoms with van der Waals surface area (Å²) in [4.78, 5) is 27.7. The number of carbonyl (C=O) groups is 1. The van der Waals surface area contributed by atoms with Crippen molar-refractivity contribution in [2.24, 2.45) is 5.73 Å². The molecule has 1 aliphatic carbocycles. The minimum absolute atomic E-state index is 0.0793. The molecular formula is C22H24N6O2. The molecule has 3 heterocycles. The van der Waals surface area contributed by atoms with E-state index in [1.807, 2.05) is 18.2 Å². The van der Waals surface area contributed by atoms with E-state index in [-0.39, 0.29) is 11.6 Å². The maximum atomic E-state index is 11.5. The highest BCUT2D eigenvalue weighted by atomic mass is 16.5. The number of hydrogen-bond acceptors (Lipinski definition) is 7. The SMILES string of the molecule is C[C@H]1COC2(CCC2)CN1c1nc(N)c2ccc(-c3cccc(C(N)=O)c3)nc2n1. The number of nitrogens with zero attached hydrogens (tertiary/aromatic N) is 4. The topological polar surface area (TPSA) is 120 Å². The van der Waals surface area contributed by atoms with Crippen molar-refractivity contribution in [1.82, 2.24) is 15.0 Å². The number of anilines is 2. The van der Waals surface area contributed by atoms with Gasteiger partial charge in [0.25, 0.3) is 0 Å². The van der Waals surface area contributed by atoms with Crippen molar-refractivity contribution < 1.29 is 9.53 Å². The molecule has 0 radical (unpaired) electrons. The van der Waals surface area contributed by atoms with Crippen LogP contribution in [0.2, 0.25) is 0 Å². The van der Waals surface area contributed by atoms with Gasteiger partial charge in [-0.2, -0.15) is 9.97 Å². The normalized spacial score (nSPS) is 20.3. The Hall–Kier alpha value is -3.26. The lowest BCUT2D eigenvalue weighted by atomic mass is 9.78. The summed E-state index contributed by atoms with van der Waals surface area (Å²) in [6, 6.07) is 11.0. The Morgan fingerprint density at radius 3 is 2.77 bits per heavy atom. The molecule has 1 aliphatic heterocycles. The van der Waals surface area contributed by atoms with Crippen LogP contribution in [0.15, 0.2) is 36.4 Å². The number of nitrogen functional groups attached to an aromatic ring is 1. The molecule has 4 N–H and O–H groups in total. The van der Waals surface area contributed by atoms with Crippen LogP contribution in [0.25, 0.3) is 22.3 Å². The number of nitrogens with two attached hydrogens (primary N) is 2. The molecule has 2 aromatic heterocycles. The van der Waals surface area contributed by atoms with Gasteiger partial charge in [-0.3, -0.25) is 4.79 Å². The quantitative estimate of drug-likeness (QED) is 0.688. The first-order valence-electron chi connectivity index (χ1n) is 10.2. The van der Waals surface area contributed by atoms with Gasteiger partial charge in [-0.05, 0) is 50.5 Å². The van der Waals surface area contributed by atoms with Crippen LogP contribution in [0, 0.1) is 0 Å². The van der Waals surface area contributed by atoms with Crippen LogP contribution in [0.5, 0.6) is 0 Å². The van der Waals surface area contributed by atoms with Gasteiger partial charge in [0.15, 0.2) is 5.65 Å². The number of morpholine rings is 1. The highest BCUT2D eigenvalue weighted by Crippen LogP contribution is 2.40. The van der Waals surface area contributed by atoms with E-state index < -0.39 is 5.91 Å². The second-order valence-electron chi connectivity index (χ2n) is 8.25. The van der Waals surface area contributed by atoms with Gasteiger partial charge in [-0.15, -0.1) is 0 Å². The van der Waals surface area contributed by atoms with Crippen LogP contribution in [0.4, 0.5) is 11.8 Å². The fourth-order valence-electron chi connectivity index (χ4n) is 4.18. The van der Waals surface area contributed by atoms with Crippen LogP contribution in [-0.4, -0.2) is 45.7 Å². The summed E-state index contributed by atoms with van der Waals surface area (Å²) in [7, 11) is 0. The van der Waals surface area contributed by atoms with E-state index in [2.05, 4.69) is 16.8 Å². The fraction of sp³-hybridized carbons (Fsp3) is 0.364. The molecule has 1 saturated carbocycles. The van der Waals surface area contributed by atoms with Gasteiger partial charge in [0, 0.05) is 11.1 Å². The molecule has 1 spiro atoms. The number of carbonyl (C=O) groups excluding carboxylic acids is 1. The molecule has 2 aliphatic rings. The Balaban J connectivity index is 1.55. The Bertz CT molecular complexity index is 1140. The lowest BCUT2D eigenvalue weighted by molar-refractivity contribution is -0.117. The summed E-state index contributed by atoms with van der Waals surface area (Å²) in [5.74, 6) is 0.511. The predicted molar refractivity (Wildman–Crippen MR) is 115 cm³/mol. The highest BCUT2D eigenvalue weighted by molar-refractivity contribution is 5.94. The number of aromatic nitrogens is 3. The zero-order valence-electron chi connectivity index (χ0n) is 16.8. The van der Waals surface area contributed by atoms with Gasteiger partial charge in [0.05, 0.1) is 35.9 Å². The first-order chi connectivity index (χ1) is 14.4. The lowest BCUT2D eigenvalue weighted by Gasteiger charge is -2.50. The van der Waals surface area contributed by atoms with E-state index >= 15 is 0 Å². The standard InChI is InChI=1S/C22H24N6O2/c1-13-11-30-22(8-3-9-22)12-28(13)21-26-18(23)16-6-7-17(25-20(16)27-21)14-4-2-5-15(10-14)19(24)29/h2,4-7,10,13H,3,8-9,11-12H2,1H3,(H2,24,29)(H2,23,25,26,27)/t13-/m0/s1. The summed E-state index contributed by atoms with van der Waals surface area (Å²) in [5, 5.41) is 0.702. The molecule has 1 atom stereocenters. The summed E-state index contributed by atoms with van der Waals surface area (Å²) >= 11 is 0. The van der Waals surface area contributed by atoms with Gasteiger partial charge >= 0.3 is 0 Å². The van der Waals surface area contributed by atoms with E-state index in [4.69, 9.17) is 26.2 Å². The van der Waals surface area contributed by atoms with Gasteiger partial charge in [0.1, 0.15) is 5.82 Å². The average Bonchev–Trinajstić information content (AvgIpc) is 2.72. The monoisotopic (exact) mass is 404 g/mol. The highest BCUT2D eigenvalue weighted by Gasteiger charge is 2.44. The minimum Gasteiger partial charge on any atom is -0.383 e. The molecule has 154 valence electrons. The van der Waals surface area contributed by atoms with E-state index in [0.29, 0.717) is 40.7 Å². The van der Waals surface area contributed by atoms with Crippen LogP contribution in [0.1, 0.15) is 36.5 Å². The maximum absolute atomic E-state index is 11.5. The third-order valence-corrected chi connectivity index (χ3v) is 6.16. The summed E-state index contributed by atoms with van der Waals surface area (Å²) in [6.07, 6.45) is 3.33. The number of pyridine rings is 1. The number of benzene rings is 1. The van der Waals surface area contributed by atoms with E-state index in [1.54, 1.807) is 18.2 Å². The Labute approximate surface area is 174 Å². The van der Waals surface area contributed by atoms with E-state index in [9.17, 15) is 4.79 Å². The summed E-state index contributed by atoms with van der Waals surface area (Å²) in [6.45, 7) is 3.52. The van der Waals surface area contributed by atoms with Crippen molar-refractivity contribution >= 4 is 28.7 Å². The number of amides is 1. The van der Waals surface area contributed by atoms with Crippen molar-refractivity contribution in [3.05, 3.63) is 42.0 Å². The third-order valence-electron chi connectivity index (χ3n) is 6.16. The van der Waals surface area contributed by atoms with Crippen molar-refractivity contribution in [3.8, 4) is 11.3 Å². The zero-order valence-corrected chi connectivity index (χ0v) is 16.8. The van der Waals surface area contributed by atoms with Gasteiger partial charge in [0.2, 0.25) is 11.9 Å². The lowest BCUT2D eigenvalue weighted by Crippen LogP contribution is -2.59. The Kier molecular flexibility index (Phi) is 4.32. The molecule has 8 heteroatoms. The Morgan fingerprint density at radius 2 is 2.03 bits per heavy atom. The number of hydrogen-bond donors (Lipinski definition) is 2. The molecule has 5 rings (SSSR count). The van der Waals surface area contributed by atoms with Gasteiger partial charge in [-0.25, -0.2) is 4.98 Å². The van der Waals surface area contributed by atoms with Crippen LogP contribution < -0.4 is 16.4 Å². The third kappa shape index (κ3) is 3.13. The van der Waals surface area contributed by atoms with E-state index in [0.717, 1.165) is 24.9 Å². The van der Waals surface area contributed by atoms with Gasteiger partial charge in [-0.1, -0.05) is 12.1 Å². The van der Waals surface area contributed by atoms with E-state index in [1.165, 1.54) is 6.42 Å². The fourth-order valence-corrected chi connectivity index (χ4v) is 4.18. The molecule has 0 unspecified atom stereocenters. The summed E-state index contributed by atoms with van der Waals surface area (Å²) < 4.78 is 6.11.